The largest absolute Gasteiger partial charge is 0.469 e. The fourth-order valence-corrected chi connectivity index (χ4v) is 1.32. The van der Waals surface area contributed by atoms with Crippen LogP contribution < -0.4 is 5.73 Å². The van der Waals surface area contributed by atoms with Crippen molar-refractivity contribution in [3.63, 3.8) is 0 Å². The molecule has 1 rings (SSSR count). The minimum absolute atomic E-state index is 0.146. The first-order chi connectivity index (χ1) is 7.65. The SMILES string of the molecule is COC(=O)CC(=O)Cc1ccc(CN)cc1. The molecule has 0 bridgehead atoms. The van der Waals surface area contributed by atoms with Crippen LogP contribution in [-0.2, 0) is 27.3 Å². The number of ketones is 1. The number of rotatable bonds is 5. The van der Waals surface area contributed by atoms with Crippen molar-refractivity contribution in [1.82, 2.24) is 0 Å². The second-order valence-corrected chi connectivity index (χ2v) is 3.49. The van der Waals surface area contributed by atoms with Crippen molar-refractivity contribution in [2.45, 2.75) is 19.4 Å². The van der Waals surface area contributed by atoms with Gasteiger partial charge in [0.25, 0.3) is 0 Å². The lowest BCUT2D eigenvalue weighted by Gasteiger charge is -2.02. The molecule has 0 saturated heterocycles. The van der Waals surface area contributed by atoms with Crippen LogP contribution in [0.2, 0.25) is 0 Å². The minimum atomic E-state index is -0.497. The number of hydrogen-bond donors (Lipinski definition) is 1. The third-order valence-electron chi connectivity index (χ3n) is 2.23. The Balaban J connectivity index is 2.52. The third-order valence-corrected chi connectivity index (χ3v) is 2.23. The van der Waals surface area contributed by atoms with Crippen molar-refractivity contribution in [1.29, 1.82) is 0 Å². The maximum Gasteiger partial charge on any atom is 0.313 e. The second kappa shape index (κ2) is 6.02. The summed E-state index contributed by atoms with van der Waals surface area (Å²) < 4.78 is 4.42. The molecular weight excluding hydrogens is 206 g/mol. The van der Waals surface area contributed by atoms with Crippen LogP contribution in [0.5, 0.6) is 0 Å². The van der Waals surface area contributed by atoms with E-state index in [4.69, 9.17) is 5.73 Å². The predicted octanol–water partition coefficient (Wildman–Crippen LogP) is 0.820. The van der Waals surface area contributed by atoms with Crippen LogP contribution in [0.25, 0.3) is 0 Å². The molecule has 0 spiro atoms. The zero-order chi connectivity index (χ0) is 12.0. The molecule has 0 amide bonds. The van der Waals surface area contributed by atoms with Crippen molar-refractivity contribution in [2.75, 3.05) is 7.11 Å². The number of nitrogens with two attached hydrogens (primary N) is 1. The summed E-state index contributed by atoms with van der Waals surface area (Å²) in [6.45, 7) is 0.483. The van der Waals surface area contributed by atoms with E-state index in [1.807, 2.05) is 24.3 Å². The van der Waals surface area contributed by atoms with Gasteiger partial charge in [-0.1, -0.05) is 24.3 Å². The smallest absolute Gasteiger partial charge is 0.313 e. The Morgan fingerprint density at radius 1 is 1.19 bits per heavy atom. The zero-order valence-electron chi connectivity index (χ0n) is 9.23. The number of carbonyl (C=O) groups excluding carboxylic acids is 2. The first-order valence-electron chi connectivity index (χ1n) is 5.02. The fourth-order valence-electron chi connectivity index (χ4n) is 1.32. The summed E-state index contributed by atoms with van der Waals surface area (Å²) in [6.07, 6.45) is 0.0785. The summed E-state index contributed by atoms with van der Waals surface area (Å²) in [6, 6.07) is 7.44. The first kappa shape index (κ1) is 12.4. The number of methoxy groups -OCH3 is 1. The predicted molar refractivity (Wildman–Crippen MR) is 59.7 cm³/mol. The number of ether oxygens (including phenoxy) is 1. The van der Waals surface area contributed by atoms with E-state index in [1.165, 1.54) is 7.11 Å². The lowest BCUT2D eigenvalue weighted by Crippen LogP contribution is -2.11. The molecule has 4 heteroatoms. The molecule has 0 aliphatic heterocycles. The van der Waals surface area contributed by atoms with E-state index in [9.17, 15) is 9.59 Å². The van der Waals surface area contributed by atoms with Crippen LogP contribution in [0.15, 0.2) is 24.3 Å². The maximum absolute atomic E-state index is 11.4. The lowest BCUT2D eigenvalue weighted by molar-refractivity contribution is -0.143. The van der Waals surface area contributed by atoms with Crippen LogP contribution in [-0.4, -0.2) is 18.9 Å². The molecule has 0 fully saturated rings. The quantitative estimate of drug-likeness (QED) is 0.590. The van der Waals surface area contributed by atoms with Gasteiger partial charge in [0, 0.05) is 13.0 Å². The highest BCUT2D eigenvalue weighted by Gasteiger charge is 2.09. The van der Waals surface area contributed by atoms with Crippen LogP contribution >= 0.6 is 0 Å². The van der Waals surface area contributed by atoms with Crippen molar-refractivity contribution >= 4 is 11.8 Å². The molecule has 0 saturated carbocycles. The minimum Gasteiger partial charge on any atom is -0.469 e. The Labute approximate surface area is 94.4 Å². The Morgan fingerprint density at radius 2 is 1.75 bits per heavy atom. The van der Waals surface area contributed by atoms with E-state index in [0.717, 1.165) is 11.1 Å². The van der Waals surface area contributed by atoms with Gasteiger partial charge in [-0.3, -0.25) is 9.59 Å². The highest BCUT2D eigenvalue weighted by Crippen LogP contribution is 2.06. The average molecular weight is 221 g/mol. The van der Waals surface area contributed by atoms with Crippen molar-refractivity contribution < 1.29 is 14.3 Å². The highest BCUT2D eigenvalue weighted by atomic mass is 16.5. The summed E-state index contributed by atoms with van der Waals surface area (Å²) >= 11 is 0. The van der Waals surface area contributed by atoms with Gasteiger partial charge in [-0.25, -0.2) is 0 Å². The van der Waals surface area contributed by atoms with Gasteiger partial charge in [-0.05, 0) is 11.1 Å². The number of esters is 1. The molecule has 86 valence electrons. The molecule has 1 aromatic rings. The van der Waals surface area contributed by atoms with Crippen molar-refractivity contribution in [2.24, 2.45) is 5.73 Å². The molecule has 2 N–H and O–H groups in total. The highest BCUT2D eigenvalue weighted by molar-refractivity contribution is 5.96. The van der Waals surface area contributed by atoms with Crippen LogP contribution in [0.3, 0.4) is 0 Å². The van der Waals surface area contributed by atoms with Gasteiger partial charge in [0.05, 0.1) is 7.11 Å². The van der Waals surface area contributed by atoms with Crippen LogP contribution in [0.1, 0.15) is 17.5 Å². The van der Waals surface area contributed by atoms with Gasteiger partial charge in [0.15, 0.2) is 0 Å². The molecule has 1 aromatic carbocycles. The number of Topliss-reactive ketones (excluding diaryl/α,β-unsaturated/α-hetero) is 1. The normalized spacial score (nSPS) is 9.88. The van der Waals surface area contributed by atoms with Crippen LogP contribution in [0.4, 0.5) is 0 Å². The summed E-state index contributed by atoms with van der Waals surface area (Å²) in [7, 11) is 1.27. The van der Waals surface area contributed by atoms with E-state index in [2.05, 4.69) is 4.74 Å². The molecule has 4 nitrogen and oxygen atoms in total. The summed E-state index contributed by atoms with van der Waals surface area (Å²) in [5.41, 5.74) is 7.36. The maximum atomic E-state index is 11.4. The lowest BCUT2D eigenvalue weighted by atomic mass is 10.1. The van der Waals surface area contributed by atoms with Gasteiger partial charge >= 0.3 is 5.97 Å². The number of benzene rings is 1. The molecule has 0 heterocycles. The Kier molecular flexibility index (Phi) is 4.66. The average Bonchev–Trinajstić information content (AvgIpc) is 2.29. The van der Waals surface area contributed by atoms with Crippen molar-refractivity contribution in [3.8, 4) is 0 Å². The topological polar surface area (TPSA) is 69.4 Å². The summed E-state index contributed by atoms with van der Waals surface area (Å²) in [5, 5.41) is 0. The van der Waals surface area contributed by atoms with Crippen molar-refractivity contribution in [3.05, 3.63) is 35.4 Å². The van der Waals surface area contributed by atoms with Gasteiger partial charge in [0.1, 0.15) is 12.2 Å². The fraction of sp³-hybridized carbons (Fsp3) is 0.333. The second-order valence-electron chi connectivity index (χ2n) is 3.49. The molecule has 0 unspecified atom stereocenters. The Bertz CT molecular complexity index is 370. The van der Waals surface area contributed by atoms with Gasteiger partial charge in [-0.15, -0.1) is 0 Å². The molecule has 0 atom stereocenters. The molecule has 16 heavy (non-hydrogen) atoms. The number of hydrogen-bond acceptors (Lipinski definition) is 4. The molecule has 0 aliphatic rings. The van der Waals surface area contributed by atoms with E-state index in [0.29, 0.717) is 6.54 Å². The Hall–Kier alpha value is -1.68. The standard InChI is InChI=1S/C12H15NO3/c1-16-12(15)7-11(14)6-9-2-4-10(8-13)5-3-9/h2-5H,6-8,13H2,1H3. The van der Waals surface area contributed by atoms with Crippen LogP contribution in [0, 0.1) is 0 Å². The van der Waals surface area contributed by atoms with Gasteiger partial charge < -0.3 is 10.5 Å². The van der Waals surface area contributed by atoms with Gasteiger partial charge in [-0.2, -0.15) is 0 Å². The zero-order valence-corrected chi connectivity index (χ0v) is 9.23. The third kappa shape index (κ3) is 3.82. The molecule has 0 radical (unpaired) electrons. The first-order valence-corrected chi connectivity index (χ1v) is 5.02. The van der Waals surface area contributed by atoms with E-state index >= 15 is 0 Å². The van der Waals surface area contributed by atoms with E-state index < -0.39 is 5.97 Å². The van der Waals surface area contributed by atoms with Gasteiger partial charge in [0.2, 0.25) is 0 Å². The Morgan fingerprint density at radius 3 is 2.25 bits per heavy atom. The molecular formula is C12H15NO3. The van der Waals surface area contributed by atoms with E-state index in [-0.39, 0.29) is 18.6 Å². The molecule has 0 aromatic heterocycles. The summed E-state index contributed by atoms with van der Waals surface area (Å²) in [5.74, 6) is -0.643. The monoisotopic (exact) mass is 221 g/mol. The summed E-state index contributed by atoms with van der Waals surface area (Å²) in [4.78, 5) is 22.3. The van der Waals surface area contributed by atoms with E-state index in [1.54, 1.807) is 0 Å². The number of carbonyl (C=O) groups is 2. The molecule has 0 aliphatic carbocycles.